The second-order valence-corrected chi connectivity index (χ2v) is 6.24. The fraction of sp³-hybridized carbons (Fsp3) is 0.286. The number of nitrogens with zero attached hydrogens (tertiary/aromatic N) is 1. The topological polar surface area (TPSA) is 45.8 Å². The highest BCUT2D eigenvalue weighted by atomic mass is 127. The van der Waals surface area contributed by atoms with E-state index in [4.69, 9.17) is 11.6 Å². The summed E-state index contributed by atoms with van der Waals surface area (Å²) < 4.78 is 0.656. The lowest BCUT2D eigenvalue weighted by Gasteiger charge is -2.11. The van der Waals surface area contributed by atoms with E-state index < -0.39 is 0 Å². The van der Waals surface area contributed by atoms with E-state index in [1.165, 1.54) is 0 Å². The van der Waals surface area contributed by atoms with E-state index >= 15 is 0 Å². The van der Waals surface area contributed by atoms with Gasteiger partial charge in [-0.2, -0.15) is 0 Å². The summed E-state index contributed by atoms with van der Waals surface area (Å²) in [4.78, 5) is 19.4. The van der Waals surface area contributed by atoms with Gasteiger partial charge < -0.3 is 4.98 Å². The molecule has 0 atom stereocenters. The van der Waals surface area contributed by atoms with E-state index in [-0.39, 0.29) is 11.5 Å². The molecule has 1 heterocycles. The number of aryl methyl sites for hydroxylation is 1. The number of H-pyrrole nitrogens is 1. The number of hydrogen-bond acceptors (Lipinski definition) is 2. The van der Waals surface area contributed by atoms with Gasteiger partial charge in [-0.3, -0.25) is 4.79 Å². The van der Waals surface area contributed by atoms with Crippen molar-refractivity contribution in [1.82, 2.24) is 9.97 Å². The zero-order valence-corrected chi connectivity index (χ0v) is 13.8. The molecule has 5 heteroatoms. The highest BCUT2D eigenvalue weighted by Gasteiger charge is 2.14. The number of halogens is 2. The van der Waals surface area contributed by atoms with Crippen molar-refractivity contribution in [3.63, 3.8) is 0 Å². The first-order valence-corrected chi connectivity index (χ1v) is 7.42. The molecule has 0 fully saturated rings. The molecule has 0 saturated carbocycles. The normalized spacial score (nSPS) is 11.1. The molecule has 2 aromatic rings. The van der Waals surface area contributed by atoms with E-state index in [1.807, 2.05) is 55.5 Å². The second-order valence-electron chi connectivity index (χ2n) is 4.73. The van der Waals surface area contributed by atoms with Crippen LogP contribution in [0.5, 0.6) is 0 Å². The van der Waals surface area contributed by atoms with Crippen molar-refractivity contribution in [2.24, 2.45) is 0 Å². The van der Waals surface area contributed by atoms with Gasteiger partial charge >= 0.3 is 0 Å². The van der Waals surface area contributed by atoms with E-state index in [9.17, 15) is 4.79 Å². The van der Waals surface area contributed by atoms with Gasteiger partial charge in [-0.15, -0.1) is 0 Å². The molecular weight excluding hydrogens is 375 g/mol. The smallest absolute Gasteiger partial charge is 0.264 e. The highest BCUT2D eigenvalue weighted by molar-refractivity contribution is 14.1. The second kappa shape index (κ2) is 5.63. The first-order valence-electron chi connectivity index (χ1n) is 5.96. The van der Waals surface area contributed by atoms with Crippen molar-refractivity contribution in [3.05, 3.63) is 48.4 Å². The summed E-state index contributed by atoms with van der Waals surface area (Å²) in [6, 6.07) is 5.55. The maximum absolute atomic E-state index is 12.0. The minimum absolute atomic E-state index is 0.0938. The number of rotatable bonds is 2. The van der Waals surface area contributed by atoms with Gasteiger partial charge in [-0.05, 0) is 59.2 Å². The van der Waals surface area contributed by atoms with Crippen molar-refractivity contribution in [2.75, 3.05) is 0 Å². The Hall–Kier alpha value is -0.880. The van der Waals surface area contributed by atoms with Crippen molar-refractivity contribution >= 4 is 34.2 Å². The quantitative estimate of drug-likeness (QED) is 0.786. The van der Waals surface area contributed by atoms with Crippen LogP contribution in [-0.4, -0.2) is 9.97 Å². The molecule has 0 amide bonds. The molecule has 2 rings (SSSR count). The third-order valence-electron chi connectivity index (χ3n) is 2.88. The molecule has 3 nitrogen and oxygen atoms in total. The van der Waals surface area contributed by atoms with Gasteiger partial charge in [0, 0.05) is 10.6 Å². The molecule has 1 aromatic carbocycles. The Morgan fingerprint density at radius 1 is 1.37 bits per heavy atom. The molecule has 0 bridgehead atoms. The van der Waals surface area contributed by atoms with Crippen molar-refractivity contribution < 1.29 is 0 Å². The van der Waals surface area contributed by atoms with Crippen LogP contribution >= 0.6 is 34.2 Å². The van der Waals surface area contributed by atoms with Crippen LogP contribution in [0.1, 0.15) is 31.0 Å². The number of hydrogen-bond donors (Lipinski definition) is 1. The molecule has 0 aliphatic carbocycles. The Kier molecular flexibility index (Phi) is 4.30. The van der Waals surface area contributed by atoms with Crippen LogP contribution in [0, 0.1) is 10.5 Å². The molecule has 19 heavy (non-hydrogen) atoms. The molecule has 0 spiro atoms. The number of aromatic nitrogens is 2. The zero-order chi connectivity index (χ0) is 14.2. The van der Waals surface area contributed by atoms with Crippen LogP contribution in [0.2, 0.25) is 5.02 Å². The minimum atomic E-state index is -0.0938. The van der Waals surface area contributed by atoms with Crippen molar-refractivity contribution in [1.29, 1.82) is 0 Å². The fourth-order valence-electron chi connectivity index (χ4n) is 1.88. The third kappa shape index (κ3) is 3.00. The predicted octanol–water partition coefficient (Wildman–Crippen LogP) is 4.13. The van der Waals surface area contributed by atoms with E-state index in [0.29, 0.717) is 14.4 Å². The van der Waals surface area contributed by atoms with E-state index in [0.717, 1.165) is 16.8 Å². The Balaban J connectivity index is 2.66. The summed E-state index contributed by atoms with van der Waals surface area (Å²) >= 11 is 7.99. The van der Waals surface area contributed by atoms with Gasteiger partial charge in [-0.1, -0.05) is 25.4 Å². The van der Waals surface area contributed by atoms with Crippen LogP contribution < -0.4 is 5.56 Å². The summed E-state index contributed by atoms with van der Waals surface area (Å²) in [5.74, 6) is 0.809. The largest absolute Gasteiger partial charge is 0.306 e. The van der Waals surface area contributed by atoms with E-state index in [2.05, 4.69) is 9.97 Å². The molecular formula is C14H14ClIN2O. The summed E-state index contributed by atoms with van der Waals surface area (Å²) in [7, 11) is 0. The van der Waals surface area contributed by atoms with Gasteiger partial charge in [0.05, 0.1) is 9.26 Å². The van der Waals surface area contributed by atoms with Crippen molar-refractivity contribution in [3.8, 4) is 11.4 Å². The highest BCUT2D eigenvalue weighted by Crippen LogP contribution is 2.25. The van der Waals surface area contributed by atoms with Crippen LogP contribution in [-0.2, 0) is 0 Å². The number of benzene rings is 1. The minimum Gasteiger partial charge on any atom is -0.306 e. The zero-order valence-electron chi connectivity index (χ0n) is 10.9. The monoisotopic (exact) mass is 388 g/mol. The Morgan fingerprint density at radius 3 is 2.63 bits per heavy atom. The van der Waals surface area contributed by atoms with Crippen LogP contribution in [0.3, 0.4) is 0 Å². The van der Waals surface area contributed by atoms with Gasteiger partial charge in [-0.25, -0.2) is 4.98 Å². The average Bonchev–Trinajstić information content (AvgIpc) is 2.32. The van der Waals surface area contributed by atoms with Gasteiger partial charge in [0.2, 0.25) is 0 Å². The number of aromatic amines is 1. The Bertz CT molecular complexity index is 680. The lowest BCUT2D eigenvalue weighted by Crippen LogP contribution is -2.17. The molecule has 100 valence electrons. The SMILES string of the molecule is Cc1cc(Cl)ccc1-c1nc(C(C)C)c(I)c(=O)[nH]1. The van der Waals surface area contributed by atoms with Gasteiger partial charge in [0.15, 0.2) is 0 Å². The molecule has 1 aromatic heterocycles. The van der Waals surface area contributed by atoms with Crippen LogP contribution in [0.25, 0.3) is 11.4 Å². The lowest BCUT2D eigenvalue weighted by atomic mass is 10.1. The first kappa shape index (κ1) is 14.5. The number of nitrogens with one attached hydrogen (secondary N) is 1. The predicted molar refractivity (Wildman–Crippen MR) is 86.8 cm³/mol. The lowest BCUT2D eigenvalue weighted by molar-refractivity contribution is 0.802. The first-order chi connectivity index (χ1) is 8.90. The third-order valence-corrected chi connectivity index (χ3v) is 4.16. The maximum Gasteiger partial charge on any atom is 0.264 e. The van der Waals surface area contributed by atoms with Gasteiger partial charge in [0.1, 0.15) is 5.82 Å². The molecule has 0 unspecified atom stereocenters. The van der Waals surface area contributed by atoms with Crippen LogP contribution in [0.15, 0.2) is 23.0 Å². The fourth-order valence-corrected chi connectivity index (χ4v) is 2.98. The summed E-state index contributed by atoms with van der Waals surface area (Å²) in [5, 5.41) is 0.679. The Morgan fingerprint density at radius 2 is 2.05 bits per heavy atom. The molecule has 0 aliphatic rings. The summed E-state index contributed by atoms with van der Waals surface area (Å²) in [5.41, 5.74) is 2.63. The molecule has 0 aliphatic heterocycles. The standard InChI is InChI=1S/C14H14ClIN2O/c1-7(2)12-11(16)14(19)18-13(17-12)10-5-4-9(15)6-8(10)3/h4-7H,1-3H3,(H,17,18,19). The average molecular weight is 389 g/mol. The summed E-state index contributed by atoms with van der Waals surface area (Å²) in [6.45, 7) is 6.01. The summed E-state index contributed by atoms with van der Waals surface area (Å²) in [6.07, 6.45) is 0. The van der Waals surface area contributed by atoms with Gasteiger partial charge in [0.25, 0.3) is 5.56 Å². The molecule has 0 saturated heterocycles. The maximum atomic E-state index is 12.0. The molecule has 1 N–H and O–H groups in total. The van der Waals surface area contributed by atoms with E-state index in [1.54, 1.807) is 6.07 Å². The van der Waals surface area contributed by atoms with Crippen LogP contribution in [0.4, 0.5) is 0 Å². The van der Waals surface area contributed by atoms with Crippen molar-refractivity contribution in [2.45, 2.75) is 26.7 Å². The molecule has 0 radical (unpaired) electrons. The Labute approximate surface area is 130 Å².